The molecule has 7 aromatic carbocycles. The molecule has 0 aliphatic carbocycles. The van der Waals surface area contributed by atoms with Gasteiger partial charge in [-0.2, -0.15) is 0 Å². The van der Waals surface area contributed by atoms with Crippen LogP contribution in [0.3, 0.4) is 0 Å². The molecule has 0 saturated carbocycles. The van der Waals surface area contributed by atoms with Gasteiger partial charge in [0.15, 0.2) is 0 Å². The lowest BCUT2D eigenvalue weighted by molar-refractivity contribution is 1.15. The Balaban J connectivity index is 1.14. The molecule has 238 valence electrons. The molecule has 11 rings (SSSR count). The predicted octanol–water partition coefficient (Wildman–Crippen LogP) is 12.0. The van der Waals surface area contributed by atoms with Crippen LogP contribution in [0.2, 0.25) is 0 Å². The average Bonchev–Trinajstić information content (AvgIpc) is 3.83. The lowest BCUT2D eigenvalue weighted by Crippen LogP contribution is -1.98. The van der Waals surface area contributed by atoms with E-state index in [-0.39, 0.29) is 0 Å². The van der Waals surface area contributed by atoms with Crippen LogP contribution in [0.15, 0.2) is 182 Å². The van der Waals surface area contributed by atoms with E-state index < -0.39 is 0 Å². The number of hydrogen-bond acceptors (Lipinski definition) is 1. The maximum atomic E-state index is 4.27. The SMILES string of the molecule is c1ccc(-n2c3ccccc3c3cc(-n4c5ccccc5c5ccccc54)ccc32)c(-c2ccc3c(c2)c2ccccc2n3-c2ccncc2)c1. The van der Waals surface area contributed by atoms with Gasteiger partial charge in [-0.25, -0.2) is 0 Å². The maximum Gasteiger partial charge on any atom is 0.0542 e. The maximum absolute atomic E-state index is 4.27. The van der Waals surface area contributed by atoms with Crippen molar-refractivity contribution in [2.75, 3.05) is 0 Å². The van der Waals surface area contributed by atoms with Gasteiger partial charge in [0.2, 0.25) is 0 Å². The number of benzene rings is 7. The molecule has 0 radical (unpaired) electrons. The van der Waals surface area contributed by atoms with E-state index in [4.69, 9.17) is 0 Å². The minimum atomic E-state index is 1.11. The van der Waals surface area contributed by atoms with E-state index >= 15 is 0 Å². The summed E-state index contributed by atoms with van der Waals surface area (Å²) in [5.41, 5.74) is 13.0. The lowest BCUT2D eigenvalue weighted by Gasteiger charge is -2.15. The van der Waals surface area contributed by atoms with E-state index in [1.54, 1.807) is 0 Å². The van der Waals surface area contributed by atoms with E-state index in [1.807, 2.05) is 12.4 Å². The molecule has 4 aromatic heterocycles. The van der Waals surface area contributed by atoms with E-state index in [0.717, 1.165) is 17.1 Å². The zero-order valence-electron chi connectivity index (χ0n) is 27.6. The van der Waals surface area contributed by atoms with Gasteiger partial charge < -0.3 is 13.7 Å². The van der Waals surface area contributed by atoms with E-state index in [2.05, 4.69) is 189 Å². The summed E-state index contributed by atoms with van der Waals surface area (Å²) in [6, 6.07) is 61.7. The molecule has 0 atom stereocenters. The first-order chi connectivity index (χ1) is 25.3. The summed E-state index contributed by atoms with van der Waals surface area (Å²) in [6.07, 6.45) is 3.72. The van der Waals surface area contributed by atoms with Crippen LogP contribution in [-0.2, 0) is 0 Å². The Morgan fingerprint density at radius 1 is 0.314 bits per heavy atom. The highest BCUT2D eigenvalue weighted by atomic mass is 15.0. The van der Waals surface area contributed by atoms with Crippen LogP contribution in [0.5, 0.6) is 0 Å². The molecule has 4 heteroatoms. The number of pyridine rings is 1. The van der Waals surface area contributed by atoms with E-state index in [9.17, 15) is 0 Å². The zero-order valence-corrected chi connectivity index (χ0v) is 27.6. The summed E-state index contributed by atoms with van der Waals surface area (Å²) in [6.45, 7) is 0. The van der Waals surface area contributed by atoms with Crippen LogP contribution in [0.25, 0.3) is 93.6 Å². The van der Waals surface area contributed by atoms with Crippen LogP contribution in [0, 0.1) is 0 Å². The van der Waals surface area contributed by atoms with Gasteiger partial charge in [0.25, 0.3) is 0 Å². The number of fused-ring (bicyclic) bond motifs is 9. The lowest BCUT2D eigenvalue weighted by atomic mass is 10.0. The van der Waals surface area contributed by atoms with Crippen molar-refractivity contribution in [2.24, 2.45) is 0 Å². The van der Waals surface area contributed by atoms with Gasteiger partial charge in [0.1, 0.15) is 0 Å². The molecule has 0 aliphatic heterocycles. The molecule has 0 unspecified atom stereocenters. The van der Waals surface area contributed by atoms with E-state index in [1.165, 1.54) is 76.5 Å². The zero-order chi connectivity index (χ0) is 33.5. The third-order valence-corrected chi connectivity index (χ3v) is 10.5. The summed E-state index contributed by atoms with van der Waals surface area (Å²) in [4.78, 5) is 4.27. The average molecular weight is 651 g/mol. The Kier molecular flexibility index (Phi) is 5.92. The summed E-state index contributed by atoms with van der Waals surface area (Å²) < 4.78 is 7.19. The van der Waals surface area contributed by atoms with Gasteiger partial charge in [-0.1, -0.05) is 97.1 Å². The first kappa shape index (κ1) is 28.0. The number of nitrogens with zero attached hydrogens (tertiary/aromatic N) is 4. The molecule has 0 spiro atoms. The number of hydrogen-bond donors (Lipinski definition) is 0. The summed E-state index contributed by atoms with van der Waals surface area (Å²) in [5, 5.41) is 7.47. The summed E-state index contributed by atoms with van der Waals surface area (Å²) in [7, 11) is 0. The third-order valence-electron chi connectivity index (χ3n) is 10.5. The van der Waals surface area contributed by atoms with E-state index in [0.29, 0.717) is 0 Å². The fourth-order valence-electron chi connectivity index (χ4n) is 8.38. The molecule has 0 bridgehead atoms. The van der Waals surface area contributed by atoms with Crippen molar-refractivity contribution >= 4 is 65.4 Å². The third kappa shape index (κ3) is 4.05. The fraction of sp³-hybridized carbons (Fsp3) is 0. The number of para-hydroxylation sites is 5. The van der Waals surface area contributed by atoms with Crippen LogP contribution in [0.4, 0.5) is 0 Å². The molecule has 0 amide bonds. The smallest absolute Gasteiger partial charge is 0.0542 e. The van der Waals surface area contributed by atoms with Crippen molar-refractivity contribution in [3.8, 4) is 28.2 Å². The van der Waals surface area contributed by atoms with Crippen LogP contribution >= 0.6 is 0 Å². The molecule has 0 N–H and O–H groups in total. The molecule has 11 aromatic rings. The van der Waals surface area contributed by atoms with Crippen molar-refractivity contribution in [3.05, 3.63) is 182 Å². The minimum Gasteiger partial charge on any atom is -0.309 e. The summed E-state index contributed by atoms with van der Waals surface area (Å²) >= 11 is 0. The van der Waals surface area contributed by atoms with Gasteiger partial charge in [0, 0.05) is 61.6 Å². The second kappa shape index (κ2) is 10.8. The van der Waals surface area contributed by atoms with Gasteiger partial charge in [-0.05, 0) is 78.4 Å². The van der Waals surface area contributed by atoms with Crippen LogP contribution in [0.1, 0.15) is 0 Å². The molecule has 51 heavy (non-hydrogen) atoms. The molecular formula is C47H30N4. The van der Waals surface area contributed by atoms with Crippen molar-refractivity contribution in [1.29, 1.82) is 0 Å². The highest BCUT2D eigenvalue weighted by Crippen LogP contribution is 2.40. The Hall–Kier alpha value is -6.91. The number of rotatable bonds is 4. The van der Waals surface area contributed by atoms with Crippen molar-refractivity contribution < 1.29 is 0 Å². The number of aromatic nitrogens is 4. The first-order valence-electron chi connectivity index (χ1n) is 17.4. The van der Waals surface area contributed by atoms with Gasteiger partial charge in [0.05, 0.1) is 38.8 Å². The largest absolute Gasteiger partial charge is 0.309 e. The van der Waals surface area contributed by atoms with Gasteiger partial charge in [-0.3, -0.25) is 4.98 Å². The molecule has 0 aliphatic rings. The quantitative estimate of drug-likeness (QED) is 0.186. The van der Waals surface area contributed by atoms with Gasteiger partial charge >= 0.3 is 0 Å². The second-order valence-electron chi connectivity index (χ2n) is 13.2. The molecule has 0 saturated heterocycles. The van der Waals surface area contributed by atoms with Gasteiger partial charge in [-0.15, -0.1) is 0 Å². The fourth-order valence-corrected chi connectivity index (χ4v) is 8.38. The summed E-state index contributed by atoms with van der Waals surface area (Å²) in [5.74, 6) is 0. The first-order valence-corrected chi connectivity index (χ1v) is 17.4. The Labute approximate surface area is 293 Å². The molecule has 4 heterocycles. The normalized spacial score (nSPS) is 11.9. The highest BCUT2D eigenvalue weighted by molar-refractivity contribution is 6.13. The Bertz CT molecular complexity index is 3090. The van der Waals surface area contributed by atoms with Crippen LogP contribution < -0.4 is 0 Å². The Morgan fingerprint density at radius 2 is 0.765 bits per heavy atom. The Morgan fingerprint density at radius 3 is 1.41 bits per heavy atom. The monoisotopic (exact) mass is 650 g/mol. The molecule has 4 nitrogen and oxygen atoms in total. The molecular weight excluding hydrogens is 621 g/mol. The second-order valence-corrected chi connectivity index (χ2v) is 13.2. The predicted molar refractivity (Wildman–Crippen MR) is 213 cm³/mol. The topological polar surface area (TPSA) is 27.7 Å². The van der Waals surface area contributed by atoms with Crippen molar-refractivity contribution in [3.63, 3.8) is 0 Å². The minimum absolute atomic E-state index is 1.11. The highest BCUT2D eigenvalue weighted by Gasteiger charge is 2.19. The standard InChI is InChI=1S/C47H30N4/c1-6-16-41(34(11-1)31-21-23-46-39(29-31)37-14-4-9-19-44(37)49(46)32-25-27-48-28-26-32)51-45-20-10-5-15-38(45)40-30-33(22-24-47(40)51)50-42-17-7-2-12-35(42)36-13-3-8-18-43(36)50/h1-30H. The van der Waals surface area contributed by atoms with Crippen LogP contribution in [-0.4, -0.2) is 18.7 Å². The van der Waals surface area contributed by atoms with Crippen molar-refractivity contribution in [1.82, 2.24) is 18.7 Å². The molecule has 0 fully saturated rings. The van der Waals surface area contributed by atoms with Crippen molar-refractivity contribution in [2.45, 2.75) is 0 Å².